The largest absolute Gasteiger partial charge is 0.494 e. The van der Waals surface area contributed by atoms with E-state index in [4.69, 9.17) is 21.1 Å². The predicted molar refractivity (Wildman–Crippen MR) is 133 cm³/mol. The number of hydrogen-bond donors (Lipinski definition) is 2. The van der Waals surface area contributed by atoms with Crippen LogP contribution in [0, 0.1) is 0 Å². The molecule has 0 aliphatic heterocycles. The summed E-state index contributed by atoms with van der Waals surface area (Å²) in [5, 5.41) is 6.72. The monoisotopic (exact) mass is 543 g/mol. The standard InChI is InChI=1S/C24H19BrClN3O5/c1-2-33-20-10-3-15(4-11-20)24(32)34-21-12-5-17(25)13-16(21)14-27-29-23(31)22(30)28-19-8-6-18(26)7-9-19/h3-14H,2H2,1H3,(H,28,30)(H,29,31)/b27-14+. The fourth-order valence-corrected chi connectivity index (χ4v) is 3.16. The van der Waals surface area contributed by atoms with E-state index in [0.717, 1.165) is 0 Å². The van der Waals surface area contributed by atoms with Gasteiger partial charge in [0.25, 0.3) is 0 Å². The molecular weight excluding hydrogens is 526 g/mol. The number of nitrogens with one attached hydrogen (secondary N) is 2. The van der Waals surface area contributed by atoms with Crippen LogP contribution < -0.4 is 20.2 Å². The Kier molecular flexibility index (Phi) is 8.78. The first-order valence-electron chi connectivity index (χ1n) is 10.00. The number of hydrogen-bond acceptors (Lipinski definition) is 6. The summed E-state index contributed by atoms with van der Waals surface area (Å²) in [6.07, 6.45) is 1.26. The van der Waals surface area contributed by atoms with Crippen molar-refractivity contribution in [2.45, 2.75) is 6.92 Å². The summed E-state index contributed by atoms with van der Waals surface area (Å²) in [5.41, 5.74) is 3.27. The molecule has 0 aliphatic rings. The normalized spacial score (nSPS) is 10.6. The van der Waals surface area contributed by atoms with Crippen LogP contribution >= 0.6 is 27.5 Å². The molecule has 0 unspecified atom stereocenters. The summed E-state index contributed by atoms with van der Waals surface area (Å²) < 4.78 is 11.5. The Morgan fingerprint density at radius 3 is 2.38 bits per heavy atom. The van der Waals surface area contributed by atoms with Crippen molar-refractivity contribution < 1.29 is 23.9 Å². The first kappa shape index (κ1) is 24.9. The van der Waals surface area contributed by atoms with E-state index >= 15 is 0 Å². The van der Waals surface area contributed by atoms with Gasteiger partial charge in [-0.05, 0) is 73.7 Å². The molecule has 0 saturated heterocycles. The molecule has 3 aromatic carbocycles. The number of anilines is 1. The van der Waals surface area contributed by atoms with E-state index in [1.54, 1.807) is 66.7 Å². The molecule has 0 bridgehead atoms. The van der Waals surface area contributed by atoms with E-state index in [9.17, 15) is 14.4 Å². The zero-order chi connectivity index (χ0) is 24.5. The van der Waals surface area contributed by atoms with Crippen LogP contribution in [0.3, 0.4) is 0 Å². The van der Waals surface area contributed by atoms with Crippen LogP contribution in [0.5, 0.6) is 11.5 Å². The first-order valence-corrected chi connectivity index (χ1v) is 11.2. The number of ether oxygens (including phenoxy) is 2. The maximum absolute atomic E-state index is 12.5. The number of hydrazone groups is 1. The van der Waals surface area contributed by atoms with Gasteiger partial charge >= 0.3 is 17.8 Å². The van der Waals surface area contributed by atoms with Crippen molar-refractivity contribution in [3.63, 3.8) is 0 Å². The van der Waals surface area contributed by atoms with E-state index < -0.39 is 17.8 Å². The molecule has 8 nitrogen and oxygen atoms in total. The lowest BCUT2D eigenvalue weighted by molar-refractivity contribution is -0.136. The van der Waals surface area contributed by atoms with Crippen molar-refractivity contribution in [1.82, 2.24) is 5.43 Å². The van der Waals surface area contributed by atoms with E-state index in [0.29, 0.717) is 38.7 Å². The van der Waals surface area contributed by atoms with Crippen LogP contribution in [0.25, 0.3) is 0 Å². The highest BCUT2D eigenvalue weighted by Crippen LogP contribution is 2.23. The lowest BCUT2D eigenvalue weighted by Gasteiger charge is -2.09. The van der Waals surface area contributed by atoms with Crippen LogP contribution in [0.4, 0.5) is 5.69 Å². The maximum atomic E-state index is 12.5. The van der Waals surface area contributed by atoms with Crippen LogP contribution in [0.2, 0.25) is 5.02 Å². The van der Waals surface area contributed by atoms with Gasteiger partial charge in [0.1, 0.15) is 11.5 Å². The average molecular weight is 545 g/mol. The van der Waals surface area contributed by atoms with Gasteiger partial charge in [0.05, 0.1) is 18.4 Å². The molecule has 0 spiro atoms. The first-order chi connectivity index (χ1) is 16.4. The summed E-state index contributed by atoms with van der Waals surface area (Å²) in [5.74, 6) is -1.60. The molecule has 0 heterocycles. The van der Waals surface area contributed by atoms with Gasteiger partial charge in [-0.1, -0.05) is 27.5 Å². The molecule has 0 saturated carbocycles. The van der Waals surface area contributed by atoms with Gasteiger partial charge in [-0.2, -0.15) is 5.10 Å². The second-order valence-electron chi connectivity index (χ2n) is 6.69. The molecule has 174 valence electrons. The van der Waals surface area contributed by atoms with Crippen LogP contribution in [0.1, 0.15) is 22.8 Å². The molecule has 0 aromatic heterocycles. The van der Waals surface area contributed by atoms with Crippen molar-refractivity contribution in [2.75, 3.05) is 11.9 Å². The second kappa shape index (κ2) is 12.0. The fourth-order valence-electron chi connectivity index (χ4n) is 2.66. The minimum absolute atomic E-state index is 0.214. The summed E-state index contributed by atoms with van der Waals surface area (Å²) in [6, 6.07) is 17.7. The van der Waals surface area contributed by atoms with Crippen molar-refractivity contribution >= 4 is 57.2 Å². The average Bonchev–Trinajstić information content (AvgIpc) is 2.82. The quantitative estimate of drug-likeness (QED) is 0.146. The van der Waals surface area contributed by atoms with E-state index in [-0.39, 0.29) is 5.75 Å². The Balaban J connectivity index is 1.64. The van der Waals surface area contributed by atoms with E-state index in [1.165, 1.54) is 6.21 Å². The van der Waals surface area contributed by atoms with Gasteiger partial charge in [0.2, 0.25) is 0 Å². The third kappa shape index (κ3) is 7.16. The summed E-state index contributed by atoms with van der Waals surface area (Å²) >= 11 is 9.13. The van der Waals surface area contributed by atoms with Crippen molar-refractivity contribution in [3.05, 3.63) is 87.4 Å². The van der Waals surface area contributed by atoms with Crippen molar-refractivity contribution in [2.24, 2.45) is 5.10 Å². The smallest absolute Gasteiger partial charge is 0.343 e. The highest BCUT2D eigenvalue weighted by molar-refractivity contribution is 9.10. The van der Waals surface area contributed by atoms with Gasteiger partial charge in [-0.25, -0.2) is 10.2 Å². The number of carbonyl (C=O) groups is 3. The number of benzene rings is 3. The van der Waals surface area contributed by atoms with Gasteiger partial charge in [-0.15, -0.1) is 0 Å². The van der Waals surface area contributed by atoms with Crippen molar-refractivity contribution in [1.29, 1.82) is 0 Å². The minimum atomic E-state index is -0.978. The number of amides is 2. The highest BCUT2D eigenvalue weighted by atomic mass is 79.9. The van der Waals surface area contributed by atoms with E-state index in [1.807, 2.05) is 6.92 Å². The summed E-state index contributed by atoms with van der Waals surface area (Å²) in [7, 11) is 0. The predicted octanol–water partition coefficient (Wildman–Crippen LogP) is 4.81. The molecule has 3 rings (SSSR count). The Morgan fingerprint density at radius 1 is 1.00 bits per heavy atom. The Hall–Kier alpha value is -3.69. The minimum Gasteiger partial charge on any atom is -0.494 e. The third-order valence-electron chi connectivity index (χ3n) is 4.25. The summed E-state index contributed by atoms with van der Waals surface area (Å²) in [4.78, 5) is 36.6. The third-order valence-corrected chi connectivity index (χ3v) is 5.00. The van der Waals surface area contributed by atoms with Gasteiger partial charge in [0.15, 0.2) is 0 Å². The number of nitrogens with zero attached hydrogens (tertiary/aromatic N) is 1. The lowest BCUT2D eigenvalue weighted by atomic mass is 10.2. The van der Waals surface area contributed by atoms with Gasteiger partial charge < -0.3 is 14.8 Å². The maximum Gasteiger partial charge on any atom is 0.343 e. The highest BCUT2D eigenvalue weighted by Gasteiger charge is 2.14. The Bertz CT molecular complexity index is 1210. The number of esters is 1. The number of rotatable bonds is 7. The van der Waals surface area contributed by atoms with Crippen LogP contribution in [-0.2, 0) is 9.59 Å². The second-order valence-corrected chi connectivity index (χ2v) is 8.04. The molecule has 3 aromatic rings. The molecule has 0 fully saturated rings. The summed E-state index contributed by atoms with van der Waals surface area (Å²) in [6.45, 7) is 2.39. The molecule has 0 aliphatic carbocycles. The zero-order valence-electron chi connectivity index (χ0n) is 17.9. The molecule has 2 N–H and O–H groups in total. The lowest BCUT2D eigenvalue weighted by Crippen LogP contribution is -2.32. The zero-order valence-corrected chi connectivity index (χ0v) is 20.2. The van der Waals surface area contributed by atoms with Crippen LogP contribution in [0.15, 0.2) is 76.3 Å². The van der Waals surface area contributed by atoms with Crippen LogP contribution in [-0.4, -0.2) is 30.6 Å². The molecule has 34 heavy (non-hydrogen) atoms. The Labute approximate surface area is 209 Å². The molecule has 0 radical (unpaired) electrons. The fraction of sp³-hybridized carbons (Fsp3) is 0.0833. The number of carbonyl (C=O) groups excluding carboxylic acids is 3. The molecule has 0 atom stereocenters. The topological polar surface area (TPSA) is 106 Å². The Morgan fingerprint density at radius 2 is 1.71 bits per heavy atom. The van der Waals surface area contributed by atoms with E-state index in [2.05, 4.69) is 31.8 Å². The van der Waals surface area contributed by atoms with Gasteiger partial charge in [0, 0.05) is 20.7 Å². The molecule has 10 heteroatoms. The number of halogens is 2. The molecular formula is C24H19BrClN3O5. The molecule has 2 amide bonds. The van der Waals surface area contributed by atoms with Gasteiger partial charge in [-0.3, -0.25) is 9.59 Å². The van der Waals surface area contributed by atoms with Crippen molar-refractivity contribution in [3.8, 4) is 11.5 Å². The SMILES string of the molecule is CCOc1ccc(C(=O)Oc2ccc(Br)cc2/C=N/NC(=O)C(=O)Nc2ccc(Cl)cc2)cc1.